The van der Waals surface area contributed by atoms with E-state index in [0.29, 0.717) is 11.8 Å². The van der Waals surface area contributed by atoms with Crippen LogP contribution in [0.3, 0.4) is 0 Å². The van der Waals surface area contributed by atoms with Crippen molar-refractivity contribution in [1.82, 2.24) is 15.1 Å². The molecule has 0 atom stereocenters. The number of fused-ring (bicyclic) bond motifs is 1. The van der Waals surface area contributed by atoms with Crippen molar-refractivity contribution in [3.05, 3.63) is 36.5 Å². The molecule has 3 rings (SSSR count). The average Bonchev–Trinajstić information content (AvgIpc) is 2.85. The number of hydrogen-bond acceptors (Lipinski definition) is 5. The van der Waals surface area contributed by atoms with E-state index in [1.165, 1.54) is 0 Å². The van der Waals surface area contributed by atoms with Gasteiger partial charge in [0.25, 0.3) is 0 Å². The third-order valence-corrected chi connectivity index (χ3v) is 2.72. The van der Waals surface area contributed by atoms with Crippen molar-refractivity contribution in [1.29, 1.82) is 0 Å². The maximum Gasteiger partial charge on any atom is 0.322 e. The molecule has 0 spiro atoms. The lowest BCUT2D eigenvalue weighted by Gasteiger charge is -2.02. The molecule has 0 unspecified atom stereocenters. The summed E-state index contributed by atoms with van der Waals surface area (Å²) in [6, 6.07) is 10.6. The van der Waals surface area contributed by atoms with E-state index >= 15 is 0 Å². The SMILES string of the molecule is CC(C)Nc1nc(-c2nccc3ccccc23)no1. The predicted octanol–water partition coefficient (Wildman–Crippen LogP) is 3.11. The number of nitrogens with zero attached hydrogens (tertiary/aromatic N) is 3. The van der Waals surface area contributed by atoms with Gasteiger partial charge < -0.3 is 9.84 Å². The summed E-state index contributed by atoms with van der Waals surface area (Å²) in [5.41, 5.74) is 0.735. The molecule has 0 saturated heterocycles. The van der Waals surface area contributed by atoms with Gasteiger partial charge in [0.05, 0.1) is 0 Å². The molecular formula is C14H14N4O. The normalized spacial score (nSPS) is 11.1. The standard InChI is InChI=1S/C14H14N4O/c1-9(2)16-14-17-13(18-19-14)12-11-6-4-3-5-10(11)7-8-15-12/h3-9H,1-2H3,(H,16,17,18). The van der Waals surface area contributed by atoms with Crippen LogP contribution in [0.1, 0.15) is 13.8 Å². The van der Waals surface area contributed by atoms with Crippen LogP contribution in [-0.2, 0) is 0 Å². The molecule has 96 valence electrons. The fourth-order valence-corrected chi connectivity index (χ4v) is 1.92. The zero-order valence-electron chi connectivity index (χ0n) is 10.8. The van der Waals surface area contributed by atoms with Crippen molar-refractivity contribution < 1.29 is 4.52 Å². The van der Waals surface area contributed by atoms with Gasteiger partial charge in [0, 0.05) is 17.6 Å². The molecule has 0 aliphatic rings. The highest BCUT2D eigenvalue weighted by Gasteiger charge is 2.12. The van der Waals surface area contributed by atoms with Crippen molar-refractivity contribution in [2.45, 2.75) is 19.9 Å². The van der Waals surface area contributed by atoms with Crippen LogP contribution >= 0.6 is 0 Å². The lowest BCUT2D eigenvalue weighted by Crippen LogP contribution is -2.09. The minimum absolute atomic E-state index is 0.244. The predicted molar refractivity (Wildman–Crippen MR) is 73.8 cm³/mol. The monoisotopic (exact) mass is 254 g/mol. The van der Waals surface area contributed by atoms with Gasteiger partial charge in [-0.3, -0.25) is 4.98 Å². The van der Waals surface area contributed by atoms with E-state index < -0.39 is 0 Å². The van der Waals surface area contributed by atoms with Crippen molar-refractivity contribution in [3.8, 4) is 11.5 Å². The van der Waals surface area contributed by atoms with Crippen LogP contribution in [0.25, 0.3) is 22.3 Å². The zero-order chi connectivity index (χ0) is 13.2. The Morgan fingerprint density at radius 1 is 1.16 bits per heavy atom. The molecular weight excluding hydrogens is 240 g/mol. The Labute approximate surface area is 110 Å². The number of anilines is 1. The van der Waals surface area contributed by atoms with Crippen LogP contribution in [0, 0.1) is 0 Å². The molecule has 0 amide bonds. The van der Waals surface area contributed by atoms with Gasteiger partial charge in [-0.2, -0.15) is 4.98 Å². The fraction of sp³-hybridized carbons (Fsp3) is 0.214. The third-order valence-electron chi connectivity index (χ3n) is 2.72. The van der Waals surface area contributed by atoms with E-state index in [9.17, 15) is 0 Å². The Morgan fingerprint density at radius 2 is 2.00 bits per heavy atom. The van der Waals surface area contributed by atoms with E-state index in [2.05, 4.69) is 20.4 Å². The van der Waals surface area contributed by atoms with Crippen molar-refractivity contribution >= 4 is 16.8 Å². The minimum Gasteiger partial charge on any atom is -0.336 e. The lowest BCUT2D eigenvalue weighted by atomic mass is 10.1. The maximum absolute atomic E-state index is 5.17. The number of benzene rings is 1. The number of nitrogens with one attached hydrogen (secondary N) is 1. The molecule has 2 heterocycles. The number of pyridine rings is 1. The summed E-state index contributed by atoms with van der Waals surface area (Å²) in [6.45, 7) is 4.03. The average molecular weight is 254 g/mol. The highest BCUT2D eigenvalue weighted by atomic mass is 16.5. The van der Waals surface area contributed by atoms with Gasteiger partial charge in [0.15, 0.2) is 0 Å². The first-order valence-corrected chi connectivity index (χ1v) is 6.18. The molecule has 0 radical (unpaired) electrons. The molecule has 0 aliphatic carbocycles. The summed E-state index contributed by atoms with van der Waals surface area (Å²) < 4.78 is 5.17. The van der Waals surface area contributed by atoms with Crippen LogP contribution in [0.4, 0.5) is 6.01 Å². The highest BCUT2D eigenvalue weighted by molar-refractivity contribution is 5.92. The van der Waals surface area contributed by atoms with Crippen LogP contribution in [0.15, 0.2) is 41.1 Å². The molecule has 3 aromatic rings. The van der Waals surface area contributed by atoms with Crippen LogP contribution < -0.4 is 5.32 Å². The van der Waals surface area contributed by atoms with Crippen molar-refractivity contribution in [3.63, 3.8) is 0 Å². The molecule has 19 heavy (non-hydrogen) atoms. The summed E-state index contributed by atoms with van der Waals surface area (Å²) in [5, 5.41) is 9.18. The number of rotatable bonds is 3. The third kappa shape index (κ3) is 2.27. The summed E-state index contributed by atoms with van der Waals surface area (Å²) in [7, 11) is 0. The topological polar surface area (TPSA) is 63.8 Å². The van der Waals surface area contributed by atoms with Crippen LogP contribution in [-0.4, -0.2) is 21.2 Å². The molecule has 0 bridgehead atoms. The van der Waals surface area contributed by atoms with Crippen molar-refractivity contribution in [2.75, 3.05) is 5.32 Å². The van der Waals surface area contributed by atoms with Gasteiger partial charge in [-0.25, -0.2) is 0 Å². The largest absolute Gasteiger partial charge is 0.336 e. The second kappa shape index (κ2) is 4.68. The number of aromatic nitrogens is 3. The quantitative estimate of drug-likeness (QED) is 0.778. The van der Waals surface area contributed by atoms with Crippen LogP contribution in [0.2, 0.25) is 0 Å². The van der Waals surface area contributed by atoms with Crippen molar-refractivity contribution in [2.24, 2.45) is 0 Å². The molecule has 0 fully saturated rings. The Hall–Kier alpha value is -2.43. The maximum atomic E-state index is 5.17. The summed E-state index contributed by atoms with van der Waals surface area (Å²) in [6.07, 6.45) is 1.75. The zero-order valence-corrected chi connectivity index (χ0v) is 10.8. The molecule has 5 nitrogen and oxygen atoms in total. The second-order valence-electron chi connectivity index (χ2n) is 4.60. The van der Waals surface area contributed by atoms with Gasteiger partial charge in [-0.05, 0) is 25.3 Å². The van der Waals surface area contributed by atoms with Gasteiger partial charge in [0.1, 0.15) is 5.69 Å². The Kier molecular flexibility index (Phi) is 2.87. The Bertz CT molecular complexity index is 700. The molecule has 0 saturated carbocycles. The smallest absolute Gasteiger partial charge is 0.322 e. The molecule has 1 aromatic carbocycles. The molecule has 0 aliphatic heterocycles. The Balaban J connectivity index is 2.06. The highest BCUT2D eigenvalue weighted by Crippen LogP contribution is 2.24. The van der Waals surface area contributed by atoms with Gasteiger partial charge in [-0.1, -0.05) is 29.4 Å². The van der Waals surface area contributed by atoms with E-state index in [1.807, 2.05) is 44.2 Å². The van der Waals surface area contributed by atoms with E-state index in [0.717, 1.165) is 16.5 Å². The van der Waals surface area contributed by atoms with Crippen LogP contribution in [0.5, 0.6) is 0 Å². The minimum atomic E-state index is 0.244. The Morgan fingerprint density at radius 3 is 2.84 bits per heavy atom. The van der Waals surface area contributed by atoms with Gasteiger partial charge >= 0.3 is 6.01 Å². The van der Waals surface area contributed by atoms with E-state index in [1.54, 1.807) is 6.20 Å². The van der Waals surface area contributed by atoms with E-state index in [4.69, 9.17) is 4.52 Å². The lowest BCUT2D eigenvalue weighted by molar-refractivity contribution is 0.429. The first-order valence-electron chi connectivity index (χ1n) is 6.18. The molecule has 1 N–H and O–H groups in total. The van der Waals surface area contributed by atoms with E-state index in [-0.39, 0.29) is 6.04 Å². The first-order chi connectivity index (χ1) is 9.24. The summed E-state index contributed by atoms with van der Waals surface area (Å²) in [4.78, 5) is 8.68. The van der Waals surface area contributed by atoms with Gasteiger partial charge in [0.2, 0.25) is 5.82 Å². The molecule has 5 heteroatoms. The first kappa shape index (κ1) is 11.6. The summed E-state index contributed by atoms with van der Waals surface area (Å²) in [5.74, 6) is 0.500. The molecule has 2 aromatic heterocycles. The summed E-state index contributed by atoms with van der Waals surface area (Å²) >= 11 is 0. The number of hydrogen-bond donors (Lipinski definition) is 1. The fourth-order valence-electron chi connectivity index (χ4n) is 1.92. The second-order valence-corrected chi connectivity index (χ2v) is 4.60. The van der Waals surface area contributed by atoms with Gasteiger partial charge in [-0.15, -0.1) is 0 Å².